The van der Waals surface area contributed by atoms with Gasteiger partial charge < -0.3 is 9.84 Å². The Balaban J connectivity index is 1.28. The molecule has 1 saturated heterocycles. The molecule has 2 saturated carbocycles. The molecule has 2 aliphatic carbocycles. The summed E-state index contributed by atoms with van der Waals surface area (Å²) in [4.78, 5) is 19.0. The molecular weight excluding hydrogens is 280 g/mol. The van der Waals surface area contributed by atoms with Gasteiger partial charge in [-0.15, -0.1) is 0 Å². The van der Waals surface area contributed by atoms with Crippen LogP contribution in [0.5, 0.6) is 0 Å². The number of carbonyl (C=O) groups excluding carboxylic acids is 1. The van der Waals surface area contributed by atoms with E-state index in [0.29, 0.717) is 18.4 Å². The Hall–Kier alpha value is -1.43. The molecule has 3 fully saturated rings. The molecule has 4 rings (SSSR count). The summed E-state index contributed by atoms with van der Waals surface area (Å²) < 4.78 is 5.35. The molecule has 0 spiro atoms. The third-order valence-electron chi connectivity index (χ3n) is 4.92. The predicted molar refractivity (Wildman–Crippen MR) is 80.0 cm³/mol. The molecule has 2 heterocycles. The Morgan fingerprint density at radius 1 is 1.27 bits per heavy atom. The summed E-state index contributed by atoms with van der Waals surface area (Å²) in [7, 11) is 0. The molecular formula is C16H24N4O2. The van der Waals surface area contributed by atoms with E-state index in [1.54, 1.807) is 0 Å². The van der Waals surface area contributed by atoms with Gasteiger partial charge in [-0.1, -0.05) is 5.16 Å². The SMILES string of the molecule is O=C(NCC1CC1)[C@H]1CCCN(Cc2nc(C3CC3)no2)C1. The van der Waals surface area contributed by atoms with Gasteiger partial charge in [-0.2, -0.15) is 4.98 Å². The number of hydrogen-bond donors (Lipinski definition) is 1. The molecule has 1 atom stereocenters. The molecule has 1 amide bonds. The molecule has 0 bridgehead atoms. The average molecular weight is 304 g/mol. The number of hydrogen-bond acceptors (Lipinski definition) is 5. The molecule has 0 aromatic carbocycles. The molecule has 6 heteroatoms. The fourth-order valence-electron chi connectivity index (χ4n) is 3.16. The summed E-state index contributed by atoms with van der Waals surface area (Å²) in [6, 6.07) is 0. The van der Waals surface area contributed by atoms with Crippen LogP contribution in [0.3, 0.4) is 0 Å². The maximum atomic E-state index is 12.2. The van der Waals surface area contributed by atoms with Crippen molar-refractivity contribution in [2.45, 2.75) is 51.0 Å². The van der Waals surface area contributed by atoms with Crippen LogP contribution in [0, 0.1) is 11.8 Å². The van der Waals surface area contributed by atoms with Crippen LogP contribution >= 0.6 is 0 Å². The first-order valence-electron chi connectivity index (χ1n) is 8.60. The number of carbonyl (C=O) groups is 1. The highest BCUT2D eigenvalue weighted by atomic mass is 16.5. The van der Waals surface area contributed by atoms with E-state index in [1.165, 1.54) is 25.7 Å². The van der Waals surface area contributed by atoms with E-state index in [4.69, 9.17) is 4.52 Å². The third kappa shape index (κ3) is 3.48. The first-order chi connectivity index (χ1) is 10.8. The minimum absolute atomic E-state index is 0.110. The number of nitrogens with zero attached hydrogens (tertiary/aromatic N) is 3. The standard InChI is InChI=1S/C16H24N4O2/c21-16(17-8-11-3-4-11)13-2-1-7-20(9-13)10-14-18-15(19-22-14)12-5-6-12/h11-13H,1-10H2,(H,17,21)/t13-/m0/s1. The van der Waals surface area contributed by atoms with Gasteiger partial charge >= 0.3 is 0 Å². The minimum Gasteiger partial charge on any atom is -0.356 e. The normalized spacial score (nSPS) is 26.1. The van der Waals surface area contributed by atoms with Gasteiger partial charge in [0.25, 0.3) is 0 Å². The molecule has 1 aromatic heterocycles. The molecule has 22 heavy (non-hydrogen) atoms. The highest BCUT2D eigenvalue weighted by Crippen LogP contribution is 2.38. The number of amides is 1. The van der Waals surface area contributed by atoms with Crippen molar-refractivity contribution in [1.29, 1.82) is 0 Å². The van der Waals surface area contributed by atoms with Crippen molar-refractivity contribution < 1.29 is 9.32 Å². The van der Waals surface area contributed by atoms with Crippen molar-refractivity contribution >= 4 is 5.91 Å². The fourth-order valence-corrected chi connectivity index (χ4v) is 3.16. The monoisotopic (exact) mass is 304 g/mol. The summed E-state index contributed by atoms with van der Waals surface area (Å²) in [5, 5.41) is 7.17. The van der Waals surface area contributed by atoms with Crippen LogP contribution in [0.4, 0.5) is 0 Å². The topological polar surface area (TPSA) is 71.3 Å². The molecule has 1 aromatic rings. The lowest BCUT2D eigenvalue weighted by Crippen LogP contribution is -2.43. The van der Waals surface area contributed by atoms with Gasteiger partial charge in [-0.3, -0.25) is 9.69 Å². The minimum atomic E-state index is 0.110. The Labute approximate surface area is 130 Å². The molecule has 3 aliphatic rings. The Bertz CT molecular complexity index is 536. The summed E-state index contributed by atoms with van der Waals surface area (Å²) in [5.41, 5.74) is 0. The van der Waals surface area contributed by atoms with Crippen molar-refractivity contribution in [2.24, 2.45) is 11.8 Å². The van der Waals surface area contributed by atoms with Crippen molar-refractivity contribution in [3.63, 3.8) is 0 Å². The van der Waals surface area contributed by atoms with Crippen molar-refractivity contribution in [3.05, 3.63) is 11.7 Å². The second kappa shape index (κ2) is 5.99. The quantitative estimate of drug-likeness (QED) is 0.866. The van der Waals surface area contributed by atoms with Gasteiger partial charge in [0.05, 0.1) is 12.5 Å². The Morgan fingerprint density at radius 2 is 2.14 bits per heavy atom. The lowest BCUT2D eigenvalue weighted by Gasteiger charge is -2.30. The second-order valence-electron chi connectivity index (χ2n) is 7.08. The number of likely N-dealkylation sites (tertiary alicyclic amines) is 1. The van der Waals surface area contributed by atoms with Crippen molar-refractivity contribution in [3.8, 4) is 0 Å². The maximum Gasteiger partial charge on any atom is 0.240 e. The number of piperidine rings is 1. The van der Waals surface area contributed by atoms with Gasteiger partial charge in [0.1, 0.15) is 0 Å². The highest BCUT2D eigenvalue weighted by Gasteiger charge is 2.31. The van der Waals surface area contributed by atoms with E-state index in [9.17, 15) is 4.79 Å². The number of rotatable bonds is 6. The summed E-state index contributed by atoms with van der Waals surface area (Å²) in [6.45, 7) is 3.35. The van der Waals surface area contributed by atoms with E-state index < -0.39 is 0 Å². The van der Waals surface area contributed by atoms with Crippen LogP contribution in [0.2, 0.25) is 0 Å². The predicted octanol–water partition coefficient (Wildman–Crippen LogP) is 1.69. The molecule has 1 aliphatic heterocycles. The van der Waals surface area contributed by atoms with Crippen LogP contribution in [0.25, 0.3) is 0 Å². The smallest absolute Gasteiger partial charge is 0.240 e. The molecule has 1 N–H and O–H groups in total. The van der Waals surface area contributed by atoms with E-state index in [1.807, 2.05) is 0 Å². The van der Waals surface area contributed by atoms with Crippen LogP contribution < -0.4 is 5.32 Å². The summed E-state index contributed by atoms with van der Waals surface area (Å²) in [5.74, 6) is 3.16. The third-order valence-corrected chi connectivity index (χ3v) is 4.92. The van der Waals surface area contributed by atoms with E-state index in [2.05, 4.69) is 20.4 Å². The molecule has 0 unspecified atom stereocenters. The van der Waals surface area contributed by atoms with Gasteiger partial charge in [0.15, 0.2) is 5.82 Å². The van der Waals surface area contributed by atoms with E-state index in [0.717, 1.165) is 44.2 Å². The summed E-state index contributed by atoms with van der Waals surface area (Å²) >= 11 is 0. The number of nitrogens with one attached hydrogen (secondary N) is 1. The van der Waals surface area contributed by atoms with Gasteiger partial charge in [0.2, 0.25) is 11.8 Å². The largest absolute Gasteiger partial charge is 0.356 e. The Kier molecular flexibility index (Phi) is 3.86. The van der Waals surface area contributed by atoms with E-state index >= 15 is 0 Å². The lowest BCUT2D eigenvalue weighted by atomic mass is 9.97. The fraction of sp³-hybridized carbons (Fsp3) is 0.812. The van der Waals surface area contributed by atoms with Crippen LogP contribution in [0.1, 0.15) is 56.2 Å². The zero-order chi connectivity index (χ0) is 14.9. The maximum absolute atomic E-state index is 12.2. The first kappa shape index (κ1) is 14.2. The van der Waals surface area contributed by atoms with Crippen LogP contribution in [-0.4, -0.2) is 40.6 Å². The first-order valence-corrected chi connectivity index (χ1v) is 8.60. The van der Waals surface area contributed by atoms with E-state index in [-0.39, 0.29) is 11.8 Å². The lowest BCUT2D eigenvalue weighted by molar-refractivity contribution is -0.126. The number of aromatic nitrogens is 2. The van der Waals surface area contributed by atoms with Gasteiger partial charge in [-0.25, -0.2) is 0 Å². The average Bonchev–Trinajstić information content (AvgIpc) is 3.45. The van der Waals surface area contributed by atoms with Crippen LogP contribution in [-0.2, 0) is 11.3 Å². The highest BCUT2D eigenvalue weighted by molar-refractivity contribution is 5.79. The zero-order valence-electron chi connectivity index (χ0n) is 13.0. The Morgan fingerprint density at radius 3 is 2.91 bits per heavy atom. The van der Waals surface area contributed by atoms with Crippen molar-refractivity contribution in [1.82, 2.24) is 20.4 Å². The molecule has 120 valence electrons. The van der Waals surface area contributed by atoms with Crippen molar-refractivity contribution in [2.75, 3.05) is 19.6 Å². The molecule has 6 nitrogen and oxygen atoms in total. The van der Waals surface area contributed by atoms with Gasteiger partial charge in [0, 0.05) is 19.0 Å². The zero-order valence-corrected chi connectivity index (χ0v) is 13.0. The second-order valence-corrected chi connectivity index (χ2v) is 7.08. The molecule has 0 radical (unpaired) electrons. The van der Waals surface area contributed by atoms with Crippen LogP contribution in [0.15, 0.2) is 4.52 Å². The summed E-state index contributed by atoms with van der Waals surface area (Å²) in [6.07, 6.45) is 6.97. The van der Waals surface area contributed by atoms with Gasteiger partial charge in [-0.05, 0) is 51.0 Å².